The summed E-state index contributed by atoms with van der Waals surface area (Å²) >= 11 is 0. The second kappa shape index (κ2) is 12.7. The molecule has 3 N–H and O–H groups in total. The summed E-state index contributed by atoms with van der Waals surface area (Å²) in [5.41, 5.74) is 4.11. The molecule has 0 heterocycles. The molecular weight excluding hydrogens is 472 g/mol. The van der Waals surface area contributed by atoms with Gasteiger partial charge in [-0.2, -0.15) is 0 Å². The van der Waals surface area contributed by atoms with Gasteiger partial charge in [0, 0.05) is 12.5 Å². The highest BCUT2D eigenvalue weighted by Crippen LogP contribution is 2.44. The molecule has 0 saturated carbocycles. The smallest absolute Gasteiger partial charge is 0.407 e. The SMILES string of the molecule is C[C@H](CC(=O)NCCCC[C@H](NC(=O)OCC1c2ccccc2-c2ccccc21)C(=O)O)OC(C)(C)C. The van der Waals surface area contributed by atoms with Crippen LogP contribution in [0.1, 0.15) is 70.4 Å². The summed E-state index contributed by atoms with van der Waals surface area (Å²) in [6.45, 7) is 8.23. The second-order valence-corrected chi connectivity index (χ2v) is 10.5. The Morgan fingerprint density at radius 3 is 2.14 bits per heavy atom. The van der Waals surface area contributed by atoms with Gasteiger partial charge in [-0.1, -0.05) is 48.5 Å². The third-order valence-electron chi connectivity index (χ3n) is 6.20. The number of carboxylic acids is 1. The summed E-state index contributed by atoms with van der Waals surface area (Å²) in [7, 11) is 0. The molecule has 0 aliphatic heterocycles. The van der Waals surface area contributed by atoms with Crippen molar-refractivity contribution in [3.8, 4) is 11.1 Å². The van der Waals surface area contributed by atoms with Crippen molar-refractivity contribution in [2.45, 2.75) is 77.0 Å². The number of hydrogen-bond acceptors (Lipinski definition) is 5. The molecule has 3 rings (SSSR count). The molecule has 2 atom stereocenters. The maximum atomic E-state index is 12.5. The number of nitrogens with one attached hydrogen (secondary N) is 2. The molecule has 2 aromatic rings. The number of rotatable bonds is 12. The Morgan fingerprint density at radius 1 is 0.973 bits per heavy atom. The number of carbonyl (C=O) groups excluding carboxylic acids is 2. The number of benzene rings is 2. The van der Waals surface area contributed by atoms with Gasteiger partial charge in [0.05, 0.1) is 18.1 Å². The summed E-state index contributed by atoms with van der Waals surface area (Å²) in [6.07, 6.45) is 0.663. The van der Waals surface area contributed by atoms with E-state index in [0.717, 1.165) is 22.3 Å². The van der Waals surface area contributed by atoms with Crippen LogP contribution in [-0.2, 0) is 19.1 Å². The molecule has 8 heteroatoms. The highest BCUT2D eigenvalue weighted by atomic mass is 16.5. The Labute approximate surface area is 218 Å². The van der Waals surface area contributed by atoms with Crippen LogP contribution in [0.15, 0.2) is 48.5 Å². The fourth-order valence-electron chi connectivity index (χ4n) is 4.72. The number of unbranched alkanes of at least 4 members (excludes halogenated alkanes) is 1. The molecule has 0 unspecified atom stereocenters. The van der Waals surface area contributed by atoms with E-state index in [1.807, 2.05) is 64.1 Å². The zero-order valence-corrected chi connectivity index (χ0v) is 22.1. The highest BCUT2D eigenvalue weighted by molar-refractivity contribution is 5.81. The Morgan fingerprint density at radius 2 is 1.57 bits per heavy atom. The molecule has 0 saturated heterocycles. The lowest BCUT2D eigenvalue weighted by Gasteiger charge is -2.24. The minimum absolute atomic E-state index is 0.0958. The number of fused-ring (bicyclic) bond motifs is 3. The number of aliphatic carboxylic acids is 1. The Kier molecular flexibility index (Phi) is 9.69. The van der Waals surface area contributed by atoms with Crippen LogP contribution in [0.3, 0.4) is 0 Å². The Hall–Kier alpha value is -3.39. The first-order chi connectivity index (χ1) is 17.5. The van der Waals surface area contributed by atoms with Gasteiger partial charge in [0.15, 0.2) is 0 Å². The molecule has 8 nitrogen and oxygen atoms in total. The third-order valence-corrected chi connectivity index (χ3v) is 6.20. The predicted octanol–water partition coefficient (Wildman–Crippen LogP) is 4.86. The standard InChI is InChI=1S/C29H38N2O6/c1-19(37-29(2,3)4)17-26(32)30-16-10-9-15-25(27(33)34)31-28(35)36-18-24-22-13-7-5-11-20(22)21-12-6-8-14-23(21)24/h5-8,11-14,19,24-25H,9-10,15-18H2,1-4H3,(H,30,32)(H,31,35)(H,33,34)/t19-,25+/m1/s1. The van der Waals surface area contributed by atoms with Gasteiger partial charge in [-0.3, -0.25) is 4.79 Å². The molecule has 0 aromatic heterocycles. The molecule has 0 spiro atoms. The first kappa shape index (κ1) is 28.2. The van der Waals surface area contributed by atoms with Crippen LogP contribution in [0.4, 0.5) is 4.79 Å². The molecule has 0 fully saturated rings. The van der Waals surface area contributed by atoms with Crippen LogP contribution in [0.2, 0.25) is 0 Å². The molecule has 37 heavy (non-hydrogen) atoms. The zero-order valence-electron chi connectivity index (χ0n) is 22.1. The first-order valence-electron chi connectivity index (χ1n) is 12.8. The number of ether oxygens (including phenoxy) is 2. The van der Waals surface area contributed by atoms with Crippen LogP contribution in [0, 0.1) is 0 Å². The normalized spacial score (nSPS) is 14.3. The molecular formula is C29H38N2O6. The van der Waals surface area contributed by atoms with Crippen LogP contribution in [-0.4, -0.2) is 54.0 Å². The van der Waals surface area contributed by atoms with Crippen molar-refractivity contribution >= 4 is 18.0 Å². The van der Waals surface area contributed by atoms with Gasteiger partial charge in [0.2, 0.25) is 5.91 Å². The lowest BCUT2D eigenvalue weighted by Crippen LogP contribution is -2.41. The number of hydrogen-bond donors (Lipinski definition) is 3. The van der Waals surface area contributed by atoms with Crippen molar-refractivity contribution in [1.29, 1.82) is 0 Å². The van der Waals surface area contributed by atoms with Gasteiger partial charge in [-0.25, -0.2) is 9.59 Å². The van der Waals surface area contributed by atoms with Crippen molar-refractivity contribution in [3.05, 3.63) is 59.7 Å². The van der Waals surface area contributed by atoms with Crippen LogP contribution >= 0.6 is 0 Å². The summed E-state index contributed by atoms with van der Waals surface area (Å²) in [6, 6.07) is 15.0. The average molecular weight is 511 g/mol. The van der Waals surface area contributed by atoms with E-state index >= 15 is 0 Å². The van der Waals surface area contributed by atoms with Gasteiger partial charge >= 0.3 is 12.1 Å². The van der Waals surface area contributed by atoms with E-state index in [1.165, 1.54) is 0 Å². The van der Waals surface area contributed by atoms with E-state index in [2.05, 4.69) is 22.8 Å². The van der Waals surface area contributed by atoms with Crippen LogP contribution < -0.4 is 10.6 Å². The van der Waals surface area contributed by atoms with Gasteiger partial charge < -0.3 is 25.2 Å². The monoisotopic (exact) mass is 510 g/mol. The van der Waals surface area contributed by atoms with Crippen molar-refractivity contribution < 1.29 is 29.0 Å². The number of carbonyl (C=O) groups is 3. The third kappa shape index (κ3) is 8.32. The topological polar surface area (TPSA) is 114 Å². The second-order valence-electron chi connectivity index (χ2n) is 10.5. The van der Waals surface area contributed by atoms with Crippen LogP contribution in [0.25, 0.3) is 11.1 Å². The quantitative estimate of drug-likeness (QED) is 0.352. The number of carboxylic acid groups (broad SMARTS) is 1. The van der Waals surface area contributed by atoms with Crippen molar-refractivity contribution in [2.75, 3.05) is 13.2 Å². The average Bonchev–Trinajstić information content (AvgIpc) is 3.14. The van der Waals surface area contributed by atoms with E-state index in [1.54, 1.807) is 0 Å². The van der Waals surface area contributed by atoms with Crippen LogP contribution in [0.5, 0.6) is 0 Å². The molecule has 1 aliphatic carbocycles. The lowest BCUT2D eigenvalue weighted by atomic mass is 9.98. The van der Waals surface area contributed by atoms with Gasteiger partial charge in [0.1, 0.15) is 12.6 Å². The Balaban J connectivity index is 1.41. The molecule has 0 bridgehead atoms. The molecule has 200 valence electrons. The largest absolute Gasteiger partial charge is 0.480 e. The molecule has 2 aromatic carbocycles. The molecule has 1 aliphatic rings. The lowest BCUT2D eigenvalue weighted by molar-refractivity contribution is -0.139. The van der Waals surface area contributed by atoms with E-state index in [0.29, 0.717) is 19.4 Å². The number of amides is 2. The molecule has 0 radical (unpaired) electrons. The maximum absolute atomic E-state index is 12.5. The van der Waals surface area contributed by atoms with Gasteiger partial charge in [0.25, 0.3) is 0 Å². The summed E-state index contributed by atoms with van der Waals surface area (Å²) in [4.78, 5) is 36.2. The minimum Gasteiger partial charge on any atom is -0.480 e. The van der Waals surface area contributed by atoms with E-state index in [4.69, 9.17) is 9.47 Å². The first-order valence-corrected chi connectivity index (χ1v) is 12.8. The van der Waals surface area contributed by atoms with E-state index < -0.39 is 18.1 Å². The highest BCUT2D eigenvalue weighted by Gasteiger charge is 2.29. The Bertz CT molecular complexity index is 1050. The van der Waals surface area contributed by atoms with E-state index in [9.17, 15) is 19.5 Å². The maximum Gasteiger partial charge on any atom is 0.407 e. The summed E-state index contributed by atoms with van der Waals surface area (Å²) < 4.78 is 11.2. The predicted molar refractivity (Wildman–Crippen MR) is 141 cm³/mol. The zero-order chi connectivity index (χ0) is 27.0. The van der Waals surface area contributed by atoms with Gasteiger partial charge in [-0.15, -0.1) is 0 Å². The fourth-order valence-corrected chi connectivity index (χ4v) is 4.72. The summed E-state index contributed by atoms with van der Waals surface area (Å²) in [5.74, 6) is -1.32. The van der Waals surface area contributed by atoms with Crippen molar-refractivity contribution in [3.63, 3.8) is 0 Å². The fraction of sp³-hybridized carbons (Fsp3) is 0.483. The minimum atomic E-state index is -1.12. The van der Waals surface area contributed by atoms with Gasteiger partial charge in [-0.05, 0) is 69.2 Å². The molecule has 2 amide bonds. The van der Waals surface area contributed by atoms with E-state index in [-0.39, 0.29) is 43.0 Å². The summed E-state index contributed by atoms with van der Waals surface area (Å²) in [5, 5.41) is 14.8. The number of alkyl carbamates (subject to hydrolysis) is 1. The van der Waals surface area contributed by atoms with Crippen molar-refractivity contribution in [2.24, 2.45) is 0 Å². The van der Waals surface area contributed by atoms with Crippen molar-refractivity contribution in [1.82, 2.24) is 10.6 Å².